The molecule has 0 spiro atoms. The third-order valence-corrected chi connectivity index (χ3v) is 3.44. The SMILES string of the molecule is NC(=O)CCCc1csc2ccccc12. The van der Waals surface area contributed by atoms with Crippen molar-refractivity contribution in [2.45, 2.75) is 19.3 Å². The van der Waals surface area contributed by atoms with Crippen LogP contribution in [-0.2, 0) is 11.2 Å². The molecule has 1 amide bonds. The molecule has 2 N–H and O–H groups in total. The predicted molar refractivity (Wildman–Crippen MR) is 64.0 cm³/mol. The minimum Gasteiger partial charge on any atom is -0.370 e. The van der Waals surface area contributed by atoms with E-state index in [4.69, 9.17) is 5.73 Å². The molecule has 2 aromatic rings. The van der Waals surface area contributed by atoms with E-state index in [1.807, 2.05) is 12.1 Å². The van der Waals surface area contributed by atoms with E-state index < -0.39 is 0 Å². The quantitative estimate of drug-likeness (QED) is 0.844. The van der Waals surface area contributed by atoms with Crippen LogP contribution in [0.15, 0.2) is 29.6 Å². The number of rotatable bonds is 4. The molecule has 0 fully saturated rings. The predicted octanol–water partition coefficient (Wildman–Crippen LogP) is 2.71. The third-order valence-electron chi connectivity index (χ3n) is 2.43. The van der Waals surface area contributed by atoms with Crippen LogP contribution in [0, 0.1) is 0 Å². The fraction of sp³-hybridized carbons (Fsp3) is 0.250. The van der Waals surface area contributed by atoms with Gasteiger partial charge in [0.25, 0.3) is 0 Å². The molecule has 0 bridgehead atoms. The average Bonchev–Trinajstić information content (AvgIpc) is 2.62. The summed E-state index contributed by atoms with van der Waals surface area (Å²) in [5.74, 6) is -0.213. The summed E-state index contributed by atoms with van der Waals surface area (Å²) in [7, 11) is 0. The highest BCUT2D eigenvalue weighted by molar-refractivity contribution is 7.17. The van der Waals surface area contributed by atoms with Crippen LogP contribution in [-0.4, -0.2) is 5.91 Å². The highest BCUT2D eigenvalue weighted by Gasteiger charge is 2.03. The molecule has 2 nitrogen and oxygen atoms in total. The number of hydrogen-bond acceptors (Lipinski definition) is 2. The van der Waals surface area contributed by atoms with Gasteiger partial charge in [-0.15, -0.1) is 11.3 Å². The number of amides is 1. The summed E-state index contributed by atoms with van der Waals surface area (Å²) < 4.78 is 1.31. The zero-order chi connectivity index (χ0) is 10.7. The molecule has 2 rings (SSSR count). The monoisotopic (exact) mass is 219 g/mol. The van der Waals surface area contributed by atoms with Crippen molar-refractivity contribution in [1.29, 1.82) is 0 Å². The Hall–Kier alpha value is -1.35. The van der Waals surface area contributed by atoms with Crippen molar-refractivity contribution in [1.82, 2.24) is 0 Å². The van der Waals surface area contributed by atoms with E-state index >= 15 is 0 Å². The molecular weight excluding hydrogens is 206 g/mol. The van der Waals surface area contributed by atoms with Crippen molar-refractivity contribution in [3.63, 3.8) is 0 Å². The Morgan fingerprint density at radius 2 is 2.13 bits per heavy atom. The van der Waals surface area contributed by atoms with Gasteiger partial charge >= 0.3 is 0 Å². The first-order valence-electron chi connectivity index (χ1n) is 5.01. The summed E-state index contributed by atoms with van der Waals surface area (Å²) >= 11 is 1.76. The van der Waals surface area contributed by atoms with Crippen LogP contribution in [0.1, 0.15) is 18.4 Å². The number of carbonyl (C=O) groups excluding carboxylic acids is 1. The summed E-state index contributed by atoms with van der Waals surface area (Å²) in [4.78, 5) is 10.6. The van der Waals surface area contributed by atoms with Gasteiger partial charge in [-0.2, -0.15) is 0 Å². The maximum absolute atomic E-state index is 10.6. The number of thiophene rings is 1. The second-order valence-corrected chi connectivity index (χ2v) is 4.49. The molecule has 0 saturated heterocycles. The Morgan fingerprint density at radius 1 is 1.33 bits per heavy atom. The minimum absolute atomic E-state index is 0.213. The lowest BCUT2D eigenvalue weighted by Gasteiger charge is -1.97. The highest BCUT2D eigenvalue weighted by atomic mass is 32.1. The molecule has 3 heteroatoms. The fourth-order valence-electron chi connectivity index (χ4n) is 1.68. The lowest BCUT2D eigenvalue weighted by Crippen LogP contribution is -2.09. The van der Waals surface area contributed by atoms with Crippen LogP contribution in [0.3, 0.4) is 0 Å². The molecule has 78 valence electrons. The molecule has 1 aromatic heterocycles. The zero-order valence-electron chi connectivity index (χ0n) is 8.40. The van der Waals surface area contributed by atoms with Crippen LogP contribution in [0.2, 0.25) is 0 Å². The van der Waals surface area contributed by atoms with Gasteiger partial charge in [-0.25, -0.2) is 0 Å². The van der Waals surface area contributed by atoms with Gasteiger partial charge in [0, 0.05) is 11.1 Å². The molecule has 1 aromatic carbocycles. The van der Waals surface area contributed by atoms with Crippen LogP contribution < -0.4 is 5.73 Å². The maximum atomic E-state index is 10.6. The van der Waals surface area contributed by atoms with Gasteiger partial charge in [0.1, 0.15) is 0 Å². The van der Waals surface area contributed by atoms with Crippen molar-refractivity contribution in [2.75, 3.05) is 0 Å². The number of fused-ring (bicyclic) bond motifs is 1. The summed E-state index contributed by atoms with van der Waals surface area (Å²) in [5.41, 5.74) is 6.44. The second kappa shape index (κ2) is 4.45. The zero-order valence-corrected chi connectivity index (χ0v) is 9.22. The Morgan fingerprint density at radius 3 is 2.93 bits per heavy atom. The summed E-state index contributed by atoms with van der Waals surface area (Å²) in [6, 6.07) is 8.35. The van der Waals surface area contributed by atoms with Gasteiger partial charge in [-0.1, -0.05) is 18.2 Å². The lowest BCUT2D eigenvalue weighted by molar-refractivity contribution is -0.118. The Bertz CT molecular complexity index is 475. The minimum atomic E-state index is -0.213. The summed E-state index contributed by atoms with van der Waals surface area (Å²) in [6.07, 6.45) is 2.26. The summed E-state index contributed by atoms with van der Waals surface area (Å²) in [6.45, 7) is 0. The molecule has 0 saturated carbocycles. The molecule has 0 aliphatic heterocycles. The molecule has 0 aliphatic rings. The number of primary amides is 1. The van der Waals surface area contributed by atoms with Crippen molar-refractivity contribution in [3.8, 4) is 0 Å². The van der Waals surface area contributed by atoms with Gasteiger partial charge in [-0.05, 0) is 35.2 Å². The van der Waals surface area contributed by atoms with E-state index in [1.165, 1.54) is 15.6 Å². The summed E-state index contributed by atoms with van der Waals surface area (Å²) in [5, 5.41) is 3.48. The number of benzene rings is 1. The van der Waals surface area contributed by atoms with E-state index in [0.29, 0.717) is 6.42 Å². The van der Waals surface area contributed by atoms with Gasteiger partial charge in [0.15, 0.2) is 0 Å². The third kappa shape index (κ3) is 2.36. The second-order valence-electron chi connectivity index (χ2n) is 3.58. The van der Waals surface area contributed by atoms with E-state index in [0.717, 1.165) is 12.8 Å². The molecular formula is C12H13NOS. The number of carbonyl (C=O) groups is 1. The molecule has 0 atom stereocenters. The van der Waals surface area contributed by atoms with Crippen molar-refractivity contribution in [3.05, 3.63) is 35.2 Å². The number of hydrogen-bond donors (Lipinski definition) is 1. The van der Waals surface area contributed by atoms with E-state index in [1.54, 1.807) is 11.3 Å². The van der Waals surface area contributed by atoms with Gasteiger partial charge in [0.2, 0.25) is 5.91 Å². The lowest BCUT2D eigenvalue weighted by atomic mass is 10.1. The van der Waals surface area contributed by atoms with Crippen LogP contribution in [0.4, 0.5) is 0 Å². The first kappa shape index (κ1) is 10.2. The van der Waals surface area contributed by atoms with E-state index in [9.17, 15) is 4.79 Å². The Balaban J connectivity index is 2.11. The molecule has 0 unspecified atom stereocenters. The van der Waals surface area contributed by atoms with E-state index in [-0.39, 0.29) is 5.91 Å². The van der Waals surface area contributed by atoms with E-state index in [2.05, 4.69) is 17.5 Å². The normalized spacial score (nSPS) is 10.7. The molecule has 1 heterocycles. The first-order valence-corrected chi connectivity index (χ1v) is 5.89. The first-order chi connectivity index (χ1) is 7.27. The van der Waals surface area contributed by atoms with Crippen LogP contribution in [0.25, 0.3) is 10.1 Å². The maximum Gasteiger partial charge on any atom is 0.217 e. The van der Waals surface area contributed by atoms with Gasteiger partial charge in [-0.3, -0.25) is 4.79 Å². The highest BCUT2D eigenvalue weighted by Crippen LogP contribution is 2.26. The molecule has 15 heavy (non-hydrogen) atoms. The molecule has 0 aliphatic carbocycles. The van der Waals surface area contributed by atoms with Crippen LogP contribution >= 0.6 is 11.3 Å². The molecule has 0 radical (unpaired) electrons. The Labute approximate surface area is 92.7 Å². The van der Waals surface area contributed by atoms with Crippen molar-refractivity contribution < 1.29 is 4.79 Å². The standard InChI is InChI=1S/C12H13NOS/c13-12(14)7-3-4-9-8-15-11-6-2-1-5-10(9)11/h1-2,5-6,8H,3-4,7H2,(H2,13,14). The largest absolute Gasteiger partial charge is 0.370 e. The average molecular weight is 219 g/mol. The van der Waals surface area contributed by atoms with Crippen molar-refractivity contribution >= 4 is 27.3 Å². The Kier molecular flexibility index (Phi) is 3.02. The fourth-order valence-corrected chi connectivity index (χ4v) is 2.68. The topological polar surface area (TPSA) is 43.1 Å². The number of nitrogens with two attached hydrogens (primary N) is 1. The number of aryl methyl sites for hydroxylation is 1. The van der Waals surface area contributed by atoms with Gasteiger partial charge in [0.05, 0.1) is 0 Å². The van der Waals surface area contributed by atoms with Gasteiger partial charge < -0.3 is 5.73 Å². The van der Waals surface area contributed by atoms with Crippen LogP contribution in [0.5, 0.6) is 0 Å². The van der Waals surface area contributed by atoms with Crippen molar-refractivity contribution in [2.24, 2.45) is 5.73 Å². The smallest absolute Gasteiger partial charge is 0.217 e.